The molecule has 3 aromatic rings. The van der Waals surface area contributed by atoms with Crippen LogP contribution in [-0.2, 0) is 7.05 Å². The van der Waals surface area contributed by atoms with Gasteiger partial charge in [-0.05, 0) is 19.1 Å². The first kappa shape index (κ1) is 15.5. The minimum Gasteiger partial charge on any atom is -0.496 e. The molecule has 1 aromatic carbocycles. The van der Waals surface area contributed by atoms with Crippen molar-refractivity contribution in [2.75, 3.05) is 12.9 Å². The van der Waals surface area contributed by atoms with Gasteiger partial charge in [0.15, 0.2) is 11.4 Å². The van der Waals surface area contributed by atoms with E-state index < -0.39 is 0 Å². The zero-order valence-electron chi connectivity index (χ0n) is 13.1. The number of ether oxygens (including phenoxy) is 1. The number of ketones is 1. The molecule has 0 aliphatic rings. The highest BCUT2D eigenvalue weighted by Gasteiger charge is 2.15. The van der Waals surface area contributed by atoms with Gasteiger partial charge < -0.3 is 4.74 Å². The molecule has 6 nitrogen and oxygen atoms in total. The predicted molar refractivity (Wildman–Crippen MR) is 89.1 cm³/mol. The first-order valence-electron chi connectivity index (χ1n) is 7.03. The SMILES string of the molecule is COc1ccc(C)cc1C(=O)CSc1ncnc2c1cnn2C. The molecule has 0 fully saturated rings. The van der Waals surface area contributed by atoms with Gasteiger partial charge in [0.1, 0.15) is 17.1 Å². The number of hydrogen-bond donors (Lipinski definition) is 0. The third-order valence-electron chi connectivity index (χ3n) is 3.49. The van der Waals surface area contributed by atoms with E-state index in [4.69, 9.17) is 4.74 Å². The molecular weight excluding hydrogens is 312 g/mol. The Kier molecular flexibility index (Phi) is 4.29. The molecule has 0 unspecified atom stereocenters. The summed E-state index contributed by atoms with van der Waals surface area (Å²) < 4.78 is 6.97. The van der Waals surface area contributed by atoms with Crippen LogP contribution in [0.3, 0.4) is 0 Å². The van der Waals surface area contributed by atoms with E-state index in [1.54, 1.807) is 18.0 Å². The van der Waals surface area contributed by atoms with Gasteiger partial charge in [0.2, 0.25) is 0 Å². The van der Waals surface area contributed by atoms with Crippen molar-refractivity contribution < 1.29 is 9.53 Å². The fourth-order valence-corrected chi connectivity index (χ4v) is 3.15. The second-order valence-electron chi connectivity index (χ2n) is 5.10. The topological polar surface area (TPSA) is 69.9 Å². The lowest BCUT2D eigenvalue weighted by Crippen LogP contribution is -2.06. The van der Waals surface area contributed by atoms with Crippen molar-refractivity contribution >= 4 is 28.6 Å². The van der Waals surface area contributed by atoms with Gasteiger partial charge in [-0.2, -0.15) is 5.10 Å². The lowest BCUT2D eigenvalue weighted by Gasteiger charge is -2.08. The van der Waals surface area contributed by atoms with Crippen molar-refractivity contribution in [2.45, 2.75) is 11.9 Å². The molecule has 7 heteroatoms. The average Bonchev–Trinajstić information content (AvgIpc) is 2.94. The molecule has 0 spiro atoms. The highest BCUT2D eigenvalue weighted by atomic mass is 32.2. The van der Waals surface area contributed by atoms with Crippen LogP contribution in [0.2, 0.25) is 0 Å². The first-order valence-corrected chi connectivity index (χ1v) is 8.02. The maximum Gasteiger partial charge on any atom is 0.176 e. The van der Waals surface area contributed by atoms with Crippen molar-refractivity contribution in [1.29, 1.82) is 0 Å². The number of nitrogens with zero attached hydrogens (tertiary/aromatic N) is 4. The third-order valence-corrected chi connectivity index (χ3v) is 4.49. The van der Waals surface area contributed by atoms with E-state index in [1.807, 2.05) is 32.2 Å². The van der Waals surface area contributed by atoms with Gasteiger partial charge in [0, 0.05) is 7.05 Å². The minimum absolute atomic E-state index is 0.00574. The van der Waals surface area contributed by atoms with Crippen molar-refractivity contribution in [3.05, 3.63) is 41.9 Å². The standard InChI is InChI=1S/C16H16N4O2S/c1-10-4-5-14(22-3)11(6-10)13(21)8-23-16-12-7-19-20(2)15(12)17-9-18-16/h4-7,9H,8H2,1-3H3. The molecule has 0 saturated heterocycles. The summed E-state index contributed by atoms with van der Waals surface area (Å²) in [6.07, 6.45) is 3.21. The summed E-state index contributed by atoms with van der Waals surface area (Å²) in [6, 6.07) is 5.59. The van der Waals surface area contributed by atoms with Crippen LogP contribution in [0.1, 0.15) is 15.9 Å². The molecule has 0 N–H and O–H groups in total. The van der Waals surface area contributed by atoms with Crippen LogP contribution in [0.15, 0.2) is 35.7 Å². The van der Waals surface area contributed by atoms with Crippen LogP contribution in [-0.4, -0.2) is 38.4 Å². The van der Waals surface area contributed by atoms with Crippen LogP contribution in [0.5, 0.6) is 5.75 Å². The highest BCUT2D eigenvalue weighted by Crippen LogP contribution is 2.27. The molecule has 0 aliphatic heterocycles. The fourth-order valence-electron chi connectivity index (χ4n) is 2.31. The Morgan fingerprint density at radius 3 is 2.96 bits per heavy atom. The highest BCUT2D eigenvalue weighted by molar-refractivity contribution is 8.00. The van der Waals surface area contributed by atoms with Crippen LogP contribution in [0, 0.1) is 6.92 Å². The zero-order valence-corrected chi connectivity index (χ0v) is 13.9. The number of carbonyl (C=O) groups excluding carboxylic acids is 1. The van der Waals surface area contributed by atoms with Crippen LogP contribution >= 0.6 is 11.8 Å². The summed E-state index contributed by atoms with van der Waals surface area (Å²) in [7, 11) is 3.39. The second kappa shape index (κ2) is 6.37. The monoisotopic (exact) mass is 328 g/mol. The minimum atomic E-state index is 0.00574. The number of Topliss-reactive ketones (excluding diaryl/α,β-unsaturated/α-hetero) is 1. The Morgan fingerprint density at radius 1 is 1.35 bits per heavy atom. The van der Waals surface area contributed by atoms with Crippen LogP contribution in [0.25, 0.3) is 11.0 Å². The molecule has 0 radical (unpaired) electrons. The van der Waals surface area contributed by atoms with Crippen molar-refractivity contribution in [3.8, 4) is 5.75 Å². The Labute approximate surface area is 137 Å². The number of fused-ring (bicyclic) bond motifs is 1. The van der Waals surface area contributed by atoms with E-state index in [9.17, 15) is 4.79 Å². The molecule has 0 amide bonds. The lowest BCUT2D eigenvalue weighted by molar-refractivity contribution is 0.101. The maximum absolute atomic E-state index is 12.5. The third kappa shape index (κ3) is 3.05. The lowest BCUT2D eigenvalue weighted by atomic mass is 10.1. The molecule has 0 bridgehead atoms. The van der Waals surface area contributed by atoms with E-state index in [0.717, 1.165) is 21.6 Å². The second-order valence-corrected chi connectivity index (χ2v) is 6.06. The normalized spacial score (nSPS) is 10.9. The number of hydrogen-bond acceptors (Lipinski definition) is 6. The van der Waals surface area contributed by atoms with Crippen LogP contribution < -0.4 is 4.74 Å². The summed E-state index contributed by atoms with van der Waals surface area (Å²) in [5, 5.41) is 5.78. The molecule has 0 atom stereocenters. The van der Waals surface area contributed by atoms with Gasteiger partial charge in [-0.25, -0.2) is 9.97 Å². The number of rotatable bonds is 5. The molecule has 3 rings (SSSR count). The summed E-state index contributed by atoms with van der Waals surface area (Å²) in [4.78, 5) is 21.0. The zero-order chi connectivity index (χ0) is 16.4. The Hall–Kier alpha value is -2.41. The number of benzene rings is 1. The van der Waals surface area contributed by atoms with Gasteiger partial charge in [0.25, 0.3) is 0 Å². The Bertz CT molecular complexity index is 876. The van der Waals surface area contributed by atoms with Crippen molar-refractivity contribution in [3.63, 3.8) is 0 Å². The van der Waals surface area contributed by atoms with Gasteiger partial charge in [0.05, 0.1) is 30.0 Å². The Morgan fingerprint density at radius 2 is 2.17 bits per heavy atom. The number of aryl methyl sites for hydroxylation is 2. The molecule has 23 heavy (non-hydrogen) atoms. The number of thioether (sulfide) groups is 1. The molecule has 2 heterocycles. The first-order chi connectivity index (χ1) is 11.1. The van der Waals surface area contributed by atoms with E-state index in [0.29, 0.717) is 11.3 Å². The number of aromatic nitrogens is 4. The average molecular weight is 328 g/mol. The predicted octanol–water partition coefficient (Wildman–Crippen LogP) is 2.66. The Balaban J connectivity index is 1.82. The van der Waals surface area contributed by atoms with Crippen LogP contribution in [0.4, 0.5) is 0 Å². The largest absolute Gasteiger partial charge is 0.496 e. The van der Waals surface area contributed by atoms with E-state index in [2.05, 4.69) is 15.1 Å². The van der Waals surface area contributed by atoms with Gasteiger partial charge in [-0.1, -0.05) is 23.4 Å². The molecule has 0 saturated carbocycles. The molecular formula is C16H16N4O2S. The van der Waals surface area contributed by atoms with Gasteiger partial charge in [-0.3, -0.25) is 9.48 Å². The summed E-state index contributed by atoms with van der Waals surface area (Å²) in [5.74, 6) is 0.877. The summed E-state index contributed by atoms with van der Waals surface area (Å²) in [6.45, 7) is 1.95. The smallest absolute Gasteiger partial charge is 0.176 e. The quantitative estimate of drug-likeness (QED) is 0.407. The summed E-state index contributed by atoms with van der Waals surface area (Å²) in [5.41, 5.74) is 2.37. The maximum atomic E-state index is 12.5. The van der Waals surface area contributed by atoms with Gasteiger partial charge >= 0.3 is 0 Å². The number of methoxy groups -OCH3 is 1. The van der Waals surface area contributed by atoms with Crippen molar-refractivity contribution in [1.82, 2.24) is 19.7 Å². The molecule has 0 aliphatic carbocycles. The van der Waals surface area contributed by atoms with E-state index in [-0.39, 0.29) is 11.5 Å². The molecule has 2 aromatic heterocycles. The summed E-state index contributed by atoms with van der Waals surface area (Å²) >= 11 is 1.38. The van der Waals surface area contributed by atoms with Gasteiger partial charge in [-0.15, -0.1) is 0 Å². The van der Waals surface area contributed by atoms with Crippen molar-refractivity contribution in [2.24, 2.45) is 7.05 Å². The molecule has 118 valence electrons. The van der Waals surface area contributed by atoms with E-state index in [1.165, 1.54) is 18.1 Å². The number of carbonyl (C=O) groups is 1. The van der Waals surface area contributed by atoms with E-state index >= 15 is 0 Å². The fraction of sp³-hybridized carbons (Fsp3) is 0.250.